The lowest BCUT2D eigenvalue weighted by molar-refractivity contribution is 1.44. The molecule has 19 rings (SSSR count). The van der Waals surface area contributed by atoms with Crippen molar-refractivity contribution in [2.24, 2.45) is 0 Å². The zero-order chi connectivity index (χ0) is 83.6. The minimum absolute atomic E-state index is 0. The second kappa shape index (κ2) is 45.2. The molecule has 596 valence electrons. The zero-order valence-electron chi connectivity index (χ0n) is 70.4. The first-order chi connectivity index (χ1) is 59.5. The molecular weight excluding hydrogens is 1470 g/mol. The van der Waals surface area contributed by atoms with Gasteiger partial charge in [-0.1, -0.05) is 498 Å². The molecule has 0 heteroatoms. The number of benzene rings is 19. The van der Waals surface area contributed by atoms with Crippen LogP contribution in [0.4, 0.5) is 0 Å². The van der Waals surface area contributed by atoms with Crippen LogP contribution in [0.1, 0.15) is 46.4 Å². The highest BCUT2D eigenvalue weighted by molar-refractivity contribution is 5.86. The van der Waals surface area contributed by atoms with Gasteiger partial charge in [0.25, 0.3) is 0 Å². The Balaban J connectivity index is 0.000000132. The Morgan fingerprint density at radius 3 is 0.672 bits per heavy atom. The molecule has 0 atom stereocenters. The van der Waals surface area contributed by atoms with E-state index in [0.717, 1.165) is 0 Å². The topological polar surface area (TPSA) is 0 Å². The predicted molar refractivity (Wildman–Crippen MR) is 530 cm³/mol. The Labute approximate surface area is 726 Å². The van der Waals surface area contributed by atoms with Crippen LogP contribution in [0.15, 0.2) is 504 Å². The van der Waals surface area contributed by atoms with E-state index in [1.165, 1.54) is 172 Å². The Bertz CT molecular complexity index is 6050. The molecule has 0 aliphatic rings. The average Bonchev–Trinajstić information content (AvgIpc) is 0.784. The minimum atomic E-state index is 0. The molecule has 0 nitrogen and oxygen atoms in total. The average molecular weight is 1570 g/mol. The van der Waals surface area contributed by atoms with E-state index in [1.807, 2.05) is 18.2 Å². The molecular formula is C122H108. The zero-order valence-corrected chi connectivity index (χ0v) is 70.4. The Kier molecular flexibility index (Phi) is 32.1. The van der Waals surface area contributed by atoms with Gasteiger partial charge < -0.3 is 0 Å². The second-order valence-electron chi connectivity index (χ2n) is 30.2. The molecule has 0 saturated carbocycles. The fourth-order valence-electron chi connectivity index (χ4n) is 14.9. The Morgan fingerprint density at radius 2 is 0.320 bits per heavy atom. The standard InChI is InChI=1S/C25H20.3C19H16.3C13H12.CH4/c1-19-24(21-13-7-3-8-14-21)17-23(20-11-5-2-6-12-20)18-25(19)22-15-9-4-10-16-22;1-15-18(16-9-4-2-5-10-16)13-8-14-19(15)17-11-6-3-7-12-17;1-15-12-18(16-8-4-2-5-9-16)14-19(13-15)17-10-6-3-7-11-17;1-15-12-13-18(16-8-4-2-5-9-16)14-19(15)17-10-6-3-7-11-17;1-11-7-5-6-10-13(11)12-8-3-2-4-9-12;1-11-6-5-9-13(10-11)12-7-3-2-4-8-12;1-11-7-9-13(10-8-11)12-5-3-2-4-6-12;/h2-18H,1H3;3*2-14H,1H3;3*2-10H,1H3;1H4. The Morgan fingerprint density at radius 1 is 0.107 bits per heavy atom. The largest absolute Gasteiger partial charge is 0.0776 e. The molecule has 19 aromatic carbocycles. The maximum atomic E-state index is 2.31. The fourth-order valence-corrected chi connectivity index (χ4v) is 14.9. The van der Waals surface area contributed by atoms with Crippen LogP contribution < -0.4 is 0 Å². The third kappa shape index (κ3) is 24.7. The van der Waals surface area contributed by atoms with Gasteiger partial charge in [-0.3, -0.25) is 0 Å². The van der Waals surface area contributed by atoms with Crippen LogP contribution in [0.5, 0.6) is 0 Å². The van der Waals surface area contributed by atoms with Crippen LogP contribution in [0, 0.1) is 48.5 Å². The molecule has 122 heavy (non-hydrogen) atoms. The first kappa shape index (κ1) is 86.5. The van der Waals surface area contributed by atoms with E-state index in [1.54, 1.807) is 0 Å². The molecule has 0 amide bonds. The lowest BCUT2D eigenvalue weighted by atomic mass is 9.88. The van der Waals surface area contributed by atoms with Gasteiger partial charge in [-0.15, -0.1) is 0 Å². The number of hydrogen-bond donors (Lipinski definition) is 0. The lowest BCUT2D eigenvalue weighted by Crippen LogP contribution is -1.91. The summed E-state index contributed by atoms with van der Waals surface area (Å²) >= 11 is 0. The van der Waals surface area contributed by atoms with Crippen molar-refractivity contribution in [3.05, 3.63) is 542 Å². The summed E-state index contributed by atoms with van der Waals surface area (Å²) in [4.78, 5) is 0. The summed E-state index contributed by atoms with van der Waals surface area (Å²) in [7, 11) is 0. The van der Waals surface area contributed by atoms with Gasteiger partial charge in [0.2, 0.25) is 0 Å². The molecule has 19 aromatic rings. The molecule has 0 saturated heterocycles. The molecule has 0 bridgehead atoms. The molecule has 0 aliphatic heterocycles. The van der Waals surface area contributed by atoms with Gasteiger partial charge in [0.15, 0.2) is 0 Å². The first-order valence-electron chi connectivity index (χ1n) is 41.8. The van der Waals surface area contributed by atoms with Gasteiger partial charge in [0.05, 0.1) is 0 Å². The van der Waals surface area contributed by atoms with Crippen molar-refractivity contribution in [2.75, 3.05) is 0 Å². The number of rotatable bonds is 12. The molecule has 0 aliphatic carbocycles. The lowest BCUT2D eigenvalue weighted by Gasteiger charge is -2.16. The van der Waals surface area contributed by atoms with Crippen LogP contribution in [0.25, 0.3) is 134 Å². The molecule has 0 spiro atoms. The van der Waals surface area contributed by atoms with Gasteiger partial charge >= 0.3 is 0 Å². The van der Waals surface area contributed by atoms with Gasteiger partial charge in [-0.2, -0.15) is 0 Å². The van der Waals surface area contributed by atoms with Crippen molar-refractivity contribution >= 4 is 0 Å². The van der Waals surface area contributed by atoms with E-state index < -0.39 is 0 Å². The van der Waals surface area contributed by atoms with Crippen molar-refractivity contribution in [3.8, 4) is 134 Å². The smallest absolute Gasteiger partial charge is 0.0142 e. The predicted octanol–water partition coefficient (Wildman–Crippen LogP) is 34.6. The summed E-state index contributed by atoms with van der Waals surface area (Å²) in [6.45, 7) is 15.1. The van der Waals surface area contributed by atoms with E-state index >= 15 is 0 Å². The van der Waals surface area contributed by atoms with Crippen LogP contribution in [-0.2, 0) is 0 Å². The summed E-state index contributed by atoms with van der Waals surface area (Å²) in [5.41, 5.74) is 39.9. The van der Waals surface area contributed by atoms with Gasteiger partial charge in [-0.25, -0.2) is 0 Å². The normalized spacial score (nSPS) is 10.2. The van der Waals surface area contributed by atoms with Gasteiger partial charge in [0.1, 0.15) is 0 Å². The molecule has 0 radical (unpaired) electrons. The first-order valence-corrected chi connectivity index (χ1v) is 41.8. The highest BCUT2D eigenvalue weighted by Crippen LogP contribution is 2.39. The maximum absolute atomic E-state index is 2.31. The van der Waals surface area contributed by atoms with Crippen molar-refractivity contribution in [3.63, 3.8) is 0 Å². The summed E-state index contributed by atoms with van der Waals surface area (Å²) in [6, 6.07) is 177. The SMILES string of the molecule is C.Cc1c(-c2ccccc2)cc(-c2ccccc2)cc1-c1ccccc1.Cc1c(-c2ccccc2)cccc1-c1ccccc1.Cc1cc(-c2ccccc2)cc(-c2ccccc2)c1.Cc1ccc(-c2ccccc2)cc1.Cc1ccc(-c2ccccc2)cc1-c1ccccc1.Cc1cccc(-c2ccccc2)c1.Cc1ccccc1-c1ccccc1. The number of aryl methyl sites for hydroxylation is 5. The van der Waals surface area contributed by atoms with Crippen LogP contribution in [0.2, 0.25) is 0 Å². The summed E-state index contributed by atoms with van der Waals surface area (Å²) in [6.07, 6.45) is 0. The van der Waals surface area contributed by atoms with E-state index in [0.29, 0.717) is 0 Å². The number of hydrogen-bond acceptors (Lipinski definition) is 0. The van der Waals surface area contributed by atoms with Crippen molar-refractivity contribution in [1.82, 2.24) is 0 Å². The van der Waals surface area contributed by atoms with Crippen LogP contribution in [-0.4, -0.2) is 0 Å². The minimum Gasteiger partial charge on any atom is -0.0776 e. The van der Waals surface area contributed by atoms with Crippen LogP contribution >= 0.6 is 0 Å². The molecule has 0 heterocycles. The van der Waals surface area contributed by atoms with E-state index in [4.69, 9.17) is 0 Å². The molecule has 0 aromatic heterocycles. The summed E-state index contributed by atoms with van der Waals surface area (Å²) in [5.74, 6) is 0. The maximum Gasteiger partial charge on any atom is -0.0142 e. The van der Waals surface area contributed by atoms with Gasteiger partial charge in [0, 0.05) is 0 Å². The van der Waals surface area contributed by atoms with E-state index in [-0.39, 0.29) is 7.43 Å². The molecule has 0 N–H and O–H groups in total. The monoisotopic (exact) mass is 1570 g/mol. The van der Waals surface area contributed by atoms with Crippen LogP contribution in [0.3, 0.4) is 0 Å². The van der Waals surface area contributed by atoms with E-state index in [9.17, 15) is 0 Å². The fraction of sp³-hybridized carbons (Fsp3) is 0.0656. The quantitative estimate of drug-likeness (QED) is 0.114. The highest BCUT2D eigenvalue weighted by Gasteiger charge is 2.14. The van der Waals surface area contributed by atoms with E-state index in [2.05, 4.69) is 534 Å². The summed E-state index contributed by atoms with van der Waals surface area (Å²) in [5, 5.41) is 0. The third-order valence-corrected chi connectivity index (χ3v) is 21.4. The Hall–Kier alpha value is -14.8. The van der Waals surface area contributed by atoms with Gasteiger partial charge in [-0.05, 0) is 234 Å². The highest BCUT2D eigenvalue weighted by atomic mass is 14.2. The van der Waals surface area contributed by atoms with Crippen molar-refractivity contribution in [1.29, 1.82) is 0 Å². The van der Waals surface area contributed by atoms with Crippen molar-refractivity contribution < 1.29 is 0 Å². The van der Waals surface area contributed by atoms with Crippen molar-refractivity contribution in [2.45, 2.75) is 55.9 Å². The third-order valence-electron chi connectivity index (χ3n) is 21.4. The molecule has 0 unspecified atom stereocenters. The second-order valence-corrected chi connectivity index (χ2v) is 30.2. The summed E-state index contributed by atoms with van der Waals surface area (Å²) < 4.78 is 0. The molecule has 0 fully saturated rings.